The highest BCUT2D eigenvalue weighted by atomic mass is 32.1. The topological polar surface area (TPSA) is 24.9 Å². The van der Waals surface area contributed by atoms with Crippen molar-refractivity contribution in [1.29, 1.82) is 0 Å². The zero-order valence-electron chi connectivity index (χ0n) is 10.3. The van der Waals surface area contributed by atoms with Crippen LogP contribution in [0.5, 0.6) is 0 Å². The van der Waals surface area contributed by atoms with E-state index in [0.29, 0.717) is 22.8 Å². The van der Waals surface area contributed by atoms with E-state index in [1.54, 1.807) is 6.07 Å². The van der Waals surface area contributed by atoms with Crippen LogP contribution in [-0.4, -0.2) is 11.5 Å². The van der Waals surface area contributed by atoms with Gasteiger partial charge in [0, 0.05) is 12.7 Å². The Bertz CT molecular complexity index is 549. The van der Waals surface area contributed by atoms with E-state index in [9.17, 15) is 13.2 Å². The van der Waals surface area contributed by atoms with Crippen LogP contribution in [-0.2, 0) is 12.7 Å². The molecule has 0 aliphatic rings. The minimum Gasteiger partial charge on any atom is -0.313 e. The fraction of sp³-hybridized carbons (Fsp3) is 0.308. The minimum atomic E-state index is -4.37. The number of halogens is 3. The number of aromatic nitrogens is 1. The highest BCUT2D eigenvalue weighted by molar-refractivity contribution is 7.15. The summed E-state index contributed by atoms with van der Waals surface area (Å²) in [5.74, 6) is 0. The fourth-order valence-corrected chi connectivity index (χ4v) is 2.42. The van der Waals surface area contributed by atoms with Crippen molar-refractivity contribution in [2.45, 2.75) is 19.6 Å². The molecule has 0 radical (unpaired) electrons. The van der Waals surface area contributed by atoms with Crippen molar-refractivity contribution in [3.05, 3.63) is 41.0 Å². The van der Waals surface area contributed by atoms with E-state index in [2.05, 4.69) is 10.3 Å². The zero-order valence-corrected chi connectivity index (χ0v) is 11.1. The van der Waals surface area contributed by atoms with Gasteiger partial charge in [-0.05, 0) is 23.7 Å². The normalized spacial score (nSPS) is 11.8. The van der Waals surface area contributed by atoms with Crippen LogP contribution in [0.2, 0.25) is 0 Å². The number of alkyl halides is 3. The molecule has 1 N–H and O–H groups in total. The quantitative estimate of drug-likeness (QED) is 0.921. The Morgan fingerprint density at radius 2 is 2.11 bits per heavy atom. The highest BCUT2D eigenvalue weighted by Crippen LogP contribution is 2.36. The Morgan fingerprint density at radius 1 is 1.32 bits per heavy atom. The monoisotopic (exact) mass is 286 g/mol. The Labute approximate surface area is 113 Å². The SMILES string of the molecule is CCNCc1cccc(-c2cnc(C(F)(F)F)s2)c1. The first-order valence-corrected chi connectivity index (χ1v) is 6.65. The number of benzene rings is 1. The molecular formula is C13H13F3N2S. The lowest BCUT2D eigenvalue weighted by Gasteiger charge is -2.04. The molecule has 2 aromatic rings. The molecule has 0 saturated carbocycles. The maximum absolute atomic E-state index is 12.5. The van der Waals surface area contributed by atoms with Crippen molar-refractivity contribution in [2.24, 2.45) is 0 Å². The van der Waals surface area contributed by atoms with Gasteiger partial charge >= 0.3 is 6.18 Å². The summed E-state index contributed by atoms with van der Waals surface area (Å²) in [6.45, 7) is 3.56. The van der Waals surface area contributed by atoms with Crippen molar-refractivity contribution in [1.82, 2.24) is 10.3 Å². The molecule has 2 nitrogen and oxygen atoms in total. The van der Waals surface area contributed by atoms with E-state index in [4.69, 9.17) is 0 Å². The number of nitrogens with one attached hydrogen (secondary N) is 1. The van der Waals surface area contributed by atoms with Crippen LogP contribution < -0.4 is 5.32 Å². The first kappa shape index (κ1) is 14.0. The molecule has 0 atom stereocenters. The van der Waals surface area contributed by atoms with Gasteiger partial charge in [-0.1, -0.05) is 25.1 Å². The molecule has 0 bridgehead atoms. The van der Waals surface area contributed by atoms with E-state index in [-0.39, 0.29) is 0 Å². The van der Waals surface area contributed by atoms with Gasteiger partial charge in [0.25, 0.3) is 0 Å². The molecule has 0 saturated heterocycles. The van der Waals surface area contributed by atoms with Crippen LogP contribution >= 0.6 is 11.3 Å². The standard InChI is InChI=1S/C13H13F3N2S/c1-2-17-7-9-4-3-5-10(6-9)11-8-18-12(19-11)13(14,15)16/h3-6,8,17H,2,7H2,1H3. The van der Waals surface area contributed by atoms with Gasteiger partial charge < -0.3 is 5.32 Å². The molecule has 1 aromatic carbocycles. The molecule has 19 heavy (non-hydrogen) atoms. The molecule has 1 aromatic heterocycles. The summed E-state index contributed by atoms with van der Waals surface area (Å²) in [4.78, 5) is 3.97. The highest BCUT2D eigenvalue weighted by Gasteiger charge is 2.34. The summed E-state index contributed by atoms with van der Waals surface area (Å²) in [5, 5.41) is 2.37. The zero-order chi connectivity index (χ0) is 13.9. The second-order valence-electron chi connectivity index (χ2n) is 4.01. The third-order valence-electron chi connectivity index (χ3n) is 2.54. The summed E-state index contributed by atoms with van der Waals surface area (Å²) in [5.41, 5.74) is 1.81. The summed E-state index contributed by atoms with van der Waals surface area (Å²) < 4.78 is 37.5. The van der Waals surface area contributed by atoms with Gasteiger partial charge in [0.1, 0.15) is 0 Å². The second-order valence-corrected chi connectivity index (χ2v) is 5.04. The molecule has 0 spiro atoms. The lowest BCUT2D eigenvalue weighted by molar-refractivity contribution is -0.137. The maximum Gasteiger partial charge on any atom is 0.443 e. The van der Waals surface area contributed by atoms with E-state index in [0.717, 1.165) is 17.7 Å². The van der Waals surface area contributed by atoms with Crippen molar-refractivity contribution in [3.8, 4) is 10.4 Å². The van der Waals surface area contributed by atoms with E-state index >= 15 is 0 Å². The number of rotatable bonds is 4. The van der Waals surface area contributed by atoms with Crippen molar-refractivity contribution in [2.75, 3.05) is 6.54 Å². The van der Waals surface area contributed by atoms with Gasteiger partial charge in [0.15, 0.2) is 5.01 Å². The summed E-state index contributed by atoms with van der Waals surface area (Å²) in [6.07, 6.45) is -3.09. The number of hydrogen-bond donors (Lipinski definition) is 1. The fourth-order valence-electron chi connectivity index (χ4n) is 1.64. The molecule has 6 heteroatoms. The largest absolute Gasteiger partial charge is 0.443 e. The molecule has 0 aliphatic carbocycles. The van der Waals surface area contributed by atoms with Crippen LogP contribution in [0.1, 0.15) is 17.5 Å². The average Bonchev–Trinajstić information content (AvgIpc) is 2.86. The van der Waals surface area contributed by atoms with Gasteiger partial charge in [0.2, 0.25) is 0 Å². The number of thiazole rings is 1. The first-order chi connectivity index (χ1) is 9.00. The molecule has 102 valence electrons. The third-order valence-corrected chi connectivity index (χ3v) is 3.63. The van der Waals surface area contributed by atoms with E-state index < -0.39 is 11.2 Å². The third kappa shape index (κ3) is 3.54. The molecule has 0 fully saturated rings. The van der Waals surface area contributed by atoms with Gasteiger partial charge in [-0.3, -0.25) is 0 Å². The minimum absolute atomic E-state index is 0.533. The molecule has 0 amide bonds. The molecule has 2 rings (SSSR count). The van der Waals surface area contributed by atoms with Crippen LogP contribution in [0.4, 0.5) is 13.2 Å². The van der Waals surface area contributed by atoms with Crippen molar-refractivity contribution >= 4 is 11.3 Å². The smallest absolute Gasteiger partial charge is 0.313 e. The van der Waals surface area contributed by atoms with Gasteiger partial charge in [-0.2, -0.15) is 13.2 Å². The Hall–Kier alpha value is -1.40. The van der Waals surface area contributed by atoms with Crippen molar-refractivity contribution in [3.63, 3.8) is 0 Å². The molecular weight excluding hydrogens is 273 g/mol. The first-order valence-electron chi connectivity index (χ1n) is 5.83. The van der Waals surface area contributed by atoms with Gasteiger partial charge in [0.05, 0.1) is 4.88 Å². The van der Waals surface area contributed by atoms with Crippen LogP contribution in [0.25, 0.3) is 10.4 Å². The Kier molecular flexibility index (Phi) is 4.21. The predicted octanol–water partition coefficient (Wildman–Crippen LogP) is 3.94. The molecule has 0 unspecified atom stereocenters. The predicted molar refractivity (Wildman–Crippen MR) is 69.9 cm³/mol. The number of nitrogens with zero attached hydrogens (tertiary/aromatic N) is 1. The van der Waals surface area contributed by atoms with Crippen LogP contribution in [0.15, 0.2) is 30.5 Å². The lowest BCUT2D eigenvalue weighted by Crippen LogP contribution is -2.11. The van der Waals surface area contributed by atoms with Crippen molar-refractivity contribution < 1.29 is 13.2 Å². The molecule has 0 aliphatic heterocycles. The van der Waals surface area contributed by atoms with Gasteiger partial charge in [-0.25, -0.2) is 4.98 Å². The average molecular weight is 286 g/mol. The van der Waals surface area contributed by atoms with Crippen LogP contribution in [0, 0.1) is 0 Å². The lowest BCUT2D eigenvalue weighted by atomic mass is 10.1. The second kappa shape index (κ2) is 5.71. The molecule has 1 heterocycles. The summed E-state index contributed by atoms with van der Waals surface area (Å²) in [6, 6.07) is 7.46. The Balaban J connectivity index is 2.24. The van der Waals surface area contributed by atoms with Crippen LogP contribution in [0.3, 0.4) is 0 Å². The van der Waals surface area contributed by atoms with Gasteiger partial charge in [-0.15, -0.1) is 11.3 Å². The van der Waals surface area contributed by atoms with E-state index in [1.807, 2.05) is 25.1 Å². The Morgan fingerprint density at radius 3 is 2.74 bits per heavy atom. The maximum atomic E-state index is 12.5. The summed E-state index contributed by atoms with van der Waals surface area (Å²) >= 11 is 0.669. The van der Waals surface area contributed by atoms with E-state index in [1.165, 1.54) is 6.20 Å². The number of hydrogen-bond acceptors (Lipinski definition) is 3. The summed E-state index contributed by atoms with van der Waals surface area (Å²) in [7, 11) is 0.